The van der Waals surface area contributed by atoms with E-state index >= 15 is 0 Å². The Labute approximate surface area is 143 Å². The molecule has 0 spiro atoms. The Kier molecular flexibility index (Phi) is 7.42. The van der Waals surface area contributed by atoms with Crippen molar-refractivity contribution in [2.24, 2.45) is 4.99 Å². The second kappa shape index (κ2) is 9.82. The van der Waals surface area contributed by atoms with Gasteiger partial charge >= 0.3 is 0 Å². The van der Waals surface area contributed by atoms with E-state index in [1.807, 2.05) is 24.3 Å². The summed E-state index contributed by atoms with van der Waals surface area (Å²) >= 11 is 0. The molecule has 132 valence electrons. The second-order valence-corrected chi connectivity index (χ2v) is 5.41. The summed E-state index contributed by atoms with van der Waals surface area (Å²) in [4.78, 5) is 6.93. The van der Waals surface area contributed by atoms with Crippen LogP contribution in [0, 0.1) is 0 Å². The highest BCUT2D eigenvalue weighted by atomic mass is 16.3. The molecule has 0 saturated carbocycles. The van der Waals surface area contributed by atoms with Crippen LogP contribution in [0.5, 0.6) is 0 Å². The molecule has 1 unspecified atom stereocenters. The predicted molar refractivity (Wildman–Crippen MR) is 95.9 cm³/mol. The quantitative estimate of drug-likeness (QED) is 0.546. The van der Waals surface area contributed by atoms with Crippen LogP contribution in [0.4, 0.5) is 0 Å². The molecule has 0 amide bonds. The molecule has 0 saturated heterocycles. The van der Waals surface area contributed by atoms with E-state index in [9.17, 15) is 0 Å². The summed E-state index contributed by atoms with van der Waals surface area (Å²) < 4.78 is 11.0. The SMILES string of the molecule is CCNC(=NCc1ccco1)NCC(c1ccco1)N(CC)CC. The summed E-state index contributed by atoms with van der Waals surface area (Å²) in [6, 6.07) is 7.93. The van der Waals surface area contributed by atoms with Crippen molar-refractivity contribution in [3.63, 3.8) is 0 Å². The third-order valence-corrected chi connectivity index (χ3v) is 3.90. The molecular weight excluding hydrogens is 304 g/mol. The highest BCUT2D eigenvalue weighted by molar-refractivity contribution is 5.79. The van der Waals surface area contributed by atoms with Gasteiger partial charge in [0.2, 0.25) is 0 Å². The van der Waals surface area contributed by atoms with Crippen molar-refractivity contribution >= 4 is 5.96 Å². The molecule has 2 rings (SSSR count). The summed E-state index contributed by atoms with van der Waals surface area (Å²) in [5, 5.41) is 6.68. The lowest BCUT2D eigenvalue weighted by molar-refractivity contribution is 0.193. The highest BCUT2D eigenvalue weighted by Gasteiger charge is 2.20. The van der Waals surface area contributed by atoms with Crippen LogP contribution in [0.25, 0.3) is 0 Å². The third-order valence-electron chi connectivity index (χ3n) is 3.90. The summed E-state index contributed by atoms with van der Waals surface area (Å²) in [7, 11) is 0. The summed E-state index contributed by atoms with van der Waals surface area (Å²) in [6.45, 7) is 10.3. The molecule has 0 radical (unpaired) electrons. The Morgan fingerprint density at radius 1 is 1.08 bits per heavy atom. The topological polar surface area (TPSA) is 65.9 Å². The molecule has 0 aliphatic rings. The van der Waals surface area contributed by atoms with Crippen molar-refractivity contribution in [2.45, 2.75) is 33.4 Å². The van der Waals surface area contributed by atoms with E-state index in [2.05, 4.69) is 41.3 Å². The van der Waals surface area contributed by atoms with Gasteiger partial charge in [-0.15, -0.1) is 0 Å². The van der Waals surface area contributed by atoms with Gasteiger partial charge in [0.05, 0.1) is 18.6 Å². The number of furan rings is 2. The maximum atomic E-state index is 5.63. The van der Waals surface area contributed by atoms with Gasteiger partial charge in [0, 0.05) is 13.1 Å². The van der Waals surface area contributed by atoms with E-state index in [0.29, 0.717) is 6.54 Å². The molecule has 0 aliphatic heterocycles. The van der Waals surface area contributed by atoms with E-state index in [1.54, 1.807) is 12.5 Å². The Bertz CT molecular complexity index is 574. The van der Waals surface area contributed by atoms with E-state index in [-0.39, 0.29) is 6.04 Å². The first-order valence-corrected chi connectivity index (χ1v) is 8.60. The molecule has 6 nitrogen and oxygen atoms in total. The van der Waals surface area contributed by atoms with Crippen molar-refractivity contribution in [1.29, 1.82) is 0 Å². The molecule has 2 aromatic rings. The molecule has 2 N–H and O–H groups in total. The fourth-order valence-electron chi connectivity index (χ4n) is 2.65. The van der Waals surface area contributed by atoms with Crippen LogP contribution in [0.3, 0.4) is 0 Å². The molecule has 2 heterocycles. The van der Waals surface area contributed by atoms with E-state index < -0.39 is 0 Å². The van der Waals surface area contributed by atoms with Crippen molar-refractivity contribution in [3.05, 3.63) is 48.3 Å². The van der Waals surface area contributed by atoms with E-state index in [1.165, 1.54) is 0 Å². The number of likely N-dealkylation sites (N-methyl/N-ethyl adjacent to an activating group) is 1. The molecule has 2 aromatic heterocycles. The smallest absolute Gasteiger partial charge is 0.191 e. The largest absolute Gasteiger partial charge is 0.468 e. The molecule has 24 heavy (non-hydrogen) atoms. The van der Waals surface area contributed by atoms with Crippen molar-refractivity contribution in [1.82, 2.24) is 15.5 Å². The van der Waals surface area contributed by atoms with Crippen LogP contribution in [0.2, 0.25) is 0 Å². The fraction of sp³-hybridized carbons (Fsp3) is 0.500. The normalized spacial score (nSPS) is 13.2. The maximum absolute atomic E-state index is 5.63. The van der Waals surface area contributed by atoms with Crippen LogP contribution >= 0.6 is 0 Å². The molecule has 6 heteroatoms. The zero-order valence-corrected chi connectivity index (χ0v) is 14.8. The minimum Gasteiger partial charge on any atom is -0.468 e. The minimum atomic E-state index is 0.169. The van der Waals surface area contributed by atoms with E-state index in [4.69, 9.17) is 8.83 Å². The third kappa shape index (κ3) is 5.16. The minimum absolute atomic E-state index is 0.169. The van der Waals surface area contributed by atoms with Crippen molar-refractivity contribution < 1.29 is 8.83 Å². The molecular formula is C18H28N4O2. The Morgan fingerprint density at radius 3 is 2.42 bits per heavy atom. The average Bonchev–Trinajstić information content (AvgIpc) is 3.29. The Balaban J connectivity index is 2.02. The van der Waals surface area contributed by atoms with Gasteiger partial charge in [-0.05, 0) is 44.3 Å². The monoisotopic (exact) mass is 332 g/mol. The molecule has 0 aliphatic carbocycles. The molecule has 0 fully saturated rings. The summed E-state index contributed by atoms with van der Waals surface area (Å²) in [5.41, 5.74) is 0. The summed E-state index contributed by atoms with van der Waals surface area (Å²) in [5.74, 6) is 2.59. The first kappa shape index (κ1) is 18.1. The van der Waals surface area contributed by atoms with E-state index in [0.717, 1.165) is 43.7 Å². The van der Waals surface area contributed by atoms with Crippen LogP contribution < -0.4 is 10.6 Å². The van der Waals surface area contributed by atoms with Crippen LogP contribution in [0.15, 0.2) is 50.6 Å². The van der Waals surface area contributed by atoms with Crippen LogP contribution in [0.1, 0.15) is 38.3 Å². The van der Waals surface area contributed by atoms with Crippen LogP contribution in [-0.2, 0) is 6.54 Å². The van der Waals surface area contributed by atoms with Gasteiger partial charge in [0.15, 0.2) is 5.96 Å². The van der Waals surface area contributed by atoms with Gasteiger partial charge in [-0.25, -0.2) is 4.99 Å². The van der Waals surface area contributed by atoms with Gasteiger partial charge in [0.25, 0.3) is 0 Å². The van der Waals surface area contributed by atoms with Crippen molar-refractivity contribution in [2.75, 3.05) is 26.2 Å². The van der Waals surface area contributed by atoms with Crippen molar-refractivity contribution in [3.8, 4) is 0 Å². The first-order chi connectivity index (χ1) is 11.8. The standard InChI is InChI=1S/C18H28N4O2/c1-4-19-18(20-13-15-9-7-11-23-15)21-14-16(22(5-2)6-3)17-10-8-12-24-17/h7-12,16H,4-6,13-14H2,1-3H3,(H2,19,20,21). The number of hydrogen-bond donors (Lipinski definition) is 2. The maximum Gasteiger partial charge on any atom is 0.191 e. The van der Waals surface area contributed by atoms with Crippen LogP contribution in [-0.4, -0.2) is 37.0 Å². The highest BCUT2D eigenvalue weighted by Crippen LogP contribution is 2.20. The average molecular weight is 332 g/mol. The number of hydrogen-bond acceptors (Lipinski definition) is 4. The van der Waals surface area contributed by atoms with Gasteiger partial charge in [-0.2, -0.15) is 0 Å². The number of nitrogens with zero attached hydrogens (tertiary/aromatic N) is 2. The number of guanidine groups is 1. The van der Waals surface area contributed by atoms with Gasteiger partial charge in [-0.1, -0.05) is 13.8 Å². The molecule has 0 bridgehead atoms. The van der Waals surface area contributed by atoms with Gasteiger partial charge in [0.1, 0.15) is 18.1 Å². The predicted octanol–water partition coefficient (Wildman–Crippen LogP) is 3.01. The fourth-order valence-corrected chi connectivity index (χ4v) is 2.65. The number of rotatable bonds is 9. The first-order valence-electron chi connectivity index (χ1n) is 8.60. The number of nitrogens with one attached hydrogen (secondary N) is 2. The Hall–Kier alpha value is -2.21. The Morgan fingerprint density at radius 2 is 1.83 bits per heavy atom. The lowest BCUT2D eigenvalue weighted by Crippen LogP contribution is -2.43. The van der Waals surface area contributed by atoms with Gasteiger partial charge in [-0.3, -0.25) is 4.90 Å². The lowest BCUT2D eigenvalue weighted by Gasteiger charge is -2.28. The zero-order chi connectivity index (χ0) is 17.2. The second-order valence-electron chi connectivity index (χ2n) is 5.41. The summed E-state index contributed by atoms with van der Waals surface area (Å²) in [6.07, 6.45) is 3.39. The zero-order valence-electron chi connectivity index (χ0n) is 14.8. The number of aliphatic imine (C=N–C) groups is 1. The lowest BCUT2D eigenvalue weighted by atomic mass is 10.2. The van der Waals surface area contributed by atoms with Gasteiger partial charge < -0.3 is 19.5 Å². The molecule has 1 atom stereocenters. The molecule has 0 aromatic carbocycles.